The van der Waals surface area contributed by atoms with E-state index in [1.54, 1.807) is 7.11 Å². The minimum Gasteiger partial charge on any atom is -0.479 e. The molecule has 158 valence electrons. The molecule has 0 saturated heterocycles. The zero-order chi connectivity index (χ0) is 20.9. The van der Waals surface area contributed by atoms with Crippen LogP contribution in [0.15, 0.2) is 42.6 Å². The van der Waals surface area contributed by atoms with Crippen LogP contribution < -0.4 is 4.74 Å². The van der Waals surface area contributed by atoms with E-state index in [4.69, 9.17) is 25.8 Å². The molecule has 1 aromatic carbocycles. The molecular weight excluding hydrogens is 404 g/mol. The maximum Gasteiger partial charge on any atom is 0.181 e. The number of ether oxygens (including phenoxy) is 3. The number of fused-ring (bicyclic) bond motifs is 3. The molecule has 0 bridgehead atoms. The lowest BCUT2D eigenvalue weighted by molar-refractivity contribution is -0.192. The Hall–Kier alpha value is -2.12. The average Bonchev–Trinajstić information content (AvgIpc) is 3.57. The molecule has 3 aromatic rings. The van der Waals surface area contributed by atoms with Crippen molar-refractivity contribution in [3.05, 3.63) is 64.6 Å². The van der Waals surface area contributed by atoms with E-state index in [-0.39, 0.29) is 5.92 Å². The van der Waals surface area contributed by atoms with E-state index in [1.165, 1.54) is 0 Å². The summed E-state index contributed by atoms with van der Waals surface area (Å²) in [6, 6.07) is 11.7. The number of halogens is 1. The lowest BCUT2D eigenvalue weighted by Crippen LogP contribution is -2.52. The molecule has 7 heteroatoms. The monoisotopic (exact) mass is 428 g/mol. The van der Waals surface area contributed by atoms with Gasteiger partial charge < -0.3 is 19.3 Å². The van der Waals surface area contributed by atoms with Gasteiger partial charge in [-0.25, -0.2) is 4.98 Å². The number of hydrogen-bond acceptors (Lipinski definition) is 5. The number of nitrogens with zero attached hydrogens (tertiary/aromatic N) is 2. The number of aliphatic hydroxyl groups is 1. The number of methoxy groups -OCH3 is 1. The summed E-state index contributed by atoms with van der Waals surface area (Å²) < 4.78 is 20.0. The third-order valence-corrected chi connectivity index (χ3v) is 6.64. The van der Waals surface area contributed by atoms with Gasteiger partial charge in [-0.15, -0.1) is 0 Å². The minimum absolute atomic E-state index is 0.201. The number of hydrogen-bond donors (Lipinski definition) is 1. The van der Waals surface area contributed by atoms with Gasteiger partial charge >= 0.3 is 0 Å². The van der Waals surface area contributed by atoms with Crippen molar-refractivity contribution in [3.8, 4) is 5.75 Å². The molecule has 6 nitrogen and oxygen atoms in total. The summed E-state index contributed by atoms with van der Waals surface area (Å²) in [7, 11) is 1.65. The number of aliphatic hydroxyl groups excluding tert-OH is 1. The fourth-order valence-electron chi connectivity index (χ4n) is 4.61. The van der Waals surface area contributed by atoms with Crippen LogP contribution in [0.2, 0.25) is 5.15 Å². The maximum absolute atomic E-state index is 11.7. The van der Waals surface area contributed by atoms with Crippen molar-refractivity contribution >= 4 is 17.2 Å². The smallest absolute Gasteiger partial charge is 0.181 e. The van der Waals surface area contributed by atoms with Crippen molar-refractivity contribution in [2.75, 3.05) is 20.3 Å². The predicted octanol–water partition coefficient (Wildman–Crippen LogP) is 4.06. The third-order valence-electron chi connectivity index (χ3n) is 6.18. The zero-order valence-corrected chi connectivity index (χ0v) is 17.8. The van der Waals surface area contributed by atoms with Crippen LogP contribution in [0.4, 0.5) is 0 Å². The number of imidazole rings is 1. The Kier molecular flexibility index (Phi) is 4.98. The third kappa shape index (κ3) is 2.94. The van der Waals surface area contributed by atoms with Gasteiger partial charge in [0.1, 0.15) is 16.9 Å². The van der Waals surface area contributed by atoms with Gasteiger partial charge in [-0.1, -0.05) is 41.9 Å². The van der Waals surface area contributed by atoms with Crippen LogP contribution in [0.3, 0.4) is 0 Å². The van der Waals surface area contributed by atoms with Crippen LogP contribution in [0.1, 0.15) is 35.8 Å². The summed E-state index contributed by atoms with van der Waals surface area (Å²) in [5, 5.41) is 12.2. The molecule has 1 aliphatic carbocycles. The number of rotatable bonds is 6. The molecule has 5 rings (SSSR count). The number of pyridine rings is 1. The highest BCUT2D eigenvalue weighted by atomic mass is 35.5. The molecule has 0 radical (unpaired) electrons. The van der Waals surface area contributed by atoms with E-state index in [1.807, 2.05) is 53.9 Å². The summed E-state index contributed by atoms with van der Waals surface area (Å²) in [5.74, 6) is 0.822. The van der Waals surface area contributed by atoms with E-state index >= 15 is 0 Å². The van der Waals surface area contributed by atoms with E-state index in [0.717, 1.165) is 29.7 Å². The van der Waals surface area contributed by atoms with Crippen molar-refractivity contribution in [3.63, 3.8) is 0 Å². The Balaban J connectivity index is 1.73. The molecule has 2 aliphatic rings. The quantitative estimate of drug-likeness (QED) is 0.600. The van der Waals surface area contributed by atoms with Crippen LogP contribution in [-0.2, 0) is 15.1 Å². The van der Waals surface area contributed by atoms with Crippen LogP contribution in [0.25, 0.3) is 5.65 Å². The van der Waals surface area contributed by atoms with E-state index in [2.05, 4.69) is 4.98 Å². The van der Waals surface area contributed by atoms with E-state index in [9.17, 15) is 5.11 Å². The number of aromatic nitrogens is 2. The first kappa shape index (κ1) is 19.8. The number of aryl methyl sites for hydroxylation is 1. The molecule has 1 fully saturated rings. The van der Waals surface area contributed by atoms with Crippen LogP contribution >= 0.6 is 11.6 Å². The Morgan fingerprint density at radius 1 is 1.23 bits per heavy atom. The molecule has 2 aromatic heterocycles. The lowest BCUT2D eigenvalue weighted by Gasteiger charge is -2.46. The first-order valence-corrected chi connectivity index (χ1v) is 10.7. The SMILES string of the molecule is COCCOC1(C2CC2)c2ccn3c(Cl)c(C)nc3c2O[C@H](c2ccccc2)C1O. The van der Waals surface area contributed by atoms with Gasteiger partial charge in [-0.3, -0.25) is 4.40 Å². The summed E-state index contributed by atoms with van der Waals surface area (Å²) in [6.45, 7) is 2.70. The predicted molar refractivity (Wildman–Crippen MR) is 113 cm³/mol. The fraction of sp³-hybridized carbons (Fsp3) is 0.435. The molecule has 3 heterocycles. The van der Waals surface area contributed by atoms with Gasteiger partial charge in [0.25, 0.3) is 0 Å². The van der Waals surface area contributed by atoms with Crippen LogP contribution in [0, 0.1) is 12.8 Å². The van der Waals surface area contributed by atoms with Gasteiger partial charge in [0.05, 0.1) is 18.9 Å². The van der Waals surface area contributed by atoms with Crippen molar-refractivity contribution in [1.82, 2.24) is 9.38 Å². The fourth-order valence-corrected chi connectivity index (χ4v) is 4.79. The molecular formula is C23H25ClN2O4. The highest BCUT2D eigenvalue weighted by molar-refractivity contribution is 6.30. The number of benzene rings is 1. The van der Waals surface area contributed by atoms with Crippen LogP contribution in [-0.4, -0.2) is 40.9 Å². The Morgan fingerprint density at radius 2 is 2.00 bits per heavy atom. The molecule has 30 heavy (non-hydrogen) atoms. The first-order valence-electron chi connectivity index (χ1n) is 10.3. The Bertz CT molecular complexity index is 1070. The lowest BCUT2D eigenvalue weighted by atomic mass is 9.77. The second kappa shape index (κ2) is 7.54. The molecule has 0 amide bonds. The van der Waals surface area contributed by atoms with Gasteiger partial charge in [-0.2, -0.15) is 0 Å². The van der Waals surface area contributed by atoms with Gasteiger partial charge in [-0.05, 0) is 37.3 Å². The van der Waals surface area contributed by atoms with E-state index < -0.39 is 17.8 Å². The summed E-state index contributed by atoms with van der Waals surface area (Å²) >= 11 is 6.46. The summed E-state index contributed by atoms with van der Waals surface area (Å²) in [4.78, 5) is 4.67. The molecule has 2 unspecified atom stereocenters. The average molecular weight is 429 g/mol. The topological polar surface area (TPSA) is 65.2 Å². The molecule has 3 atom stereocenters. The van der Waals surface area contributed by atoms with Gasteiger partial charge in [0.2, 0.25) is 0 Å². The second-order valence-electron chi connectivity index (χ2n) is 8.04. The highest BCUT2D eigenvalue weighted by Gasteiger charge is 2.59. The van der Waals surface area contributed by atoms with Crippen molar-refractivity contribution in [1.29, 1.82) is 0 Å². The van der Waals surface area contributed by atoms with Gasteiger partial charge in [0, 0.05) is 18.9 Å². The van der Waals surface area contributed by atoms with Crippen molar-refractivity contribution in [2.24, 2.45) is 5.92 Å². The van der Waals surface area contributed by atoms with E-state index in [0.29, 0.717) is 29.8 Å². The van der Waals surface area contributed by atoms with Crippen LogP contribution in [0.5, 0.6) is 5.75 Å². The molecule has 1 saturated carbocycles. The second-order valence-corrected chi connectivity index (χ2v) is 8.40. The molecule has 0 spiro atoms. The minimum atomic E-state index is -0.888. The Morgan fingerprint density at radius 3 is 2.70 bits per heavy atom. The largest absolute Gasteiger partial charge is 0.479 e. The summed E-state index contributed by atoms with van der Waals surface area (Å²) in [6.07, 6.45) is 2.41. The standard InChI is InChI=1S/C23H25ClN2O4/c1-14-21(24)26-11-10-17-19(22(26)25-14)30-18(15-6-4-3-5-7-15)20(27)23(17,16-8-9-16)29-13-12-28-2/h3-7,10-11,16,18,20,27H,8-9,12-13H2,1-2H3/t18-,20?,23?/m1/s1. The molecule has 1 aliphatic heterocycles. The first-order chi connectivity index (χ1) is 14.6. The molecule has 1 N–H and O–H groups in total. The zero-order valence-electron chi connectivity index (χ0n) is 17.0. The Labute approximate surface area is 180 Å². The highest BCUT2D eigenvalue weighted by Crippen LogP contribution is 2.58. The van der Waals surface area contributed by atoms with Crippen molar-refractivity contribution < 1.29 is 19.3 Å². The van der Waals surface area contributed by atoms with Crippen molar-refractivity contribution in [2.45, 2.75) is 37.6 Å². The van der Waals surface area contributed by atoms with Gasteiger partial charge in [0.15, 0.2) is 17.5 Å². The normalized spacial score (nSPS) is 25.9. The maximum atomic E-state index is 11.7. The summed E-state index contributed by atoms with van der Waals surface area (Å²) in [5.41, 5.74) is 2.21.